The standard InChI is InChI=1S/C19H23N3S/c1-12-5-7-13(8-6-12)11-23-17-20-16-15(21-22-17)14-9-10-19(16,4)18(14,2)3/h5-8,14H,9-11H2,1-4H3. The molecule has 0 spiro atoms. The third-order valence-electron chi connectivity index (χ3n) is 6.26. The lowest BCUT2D eigenvalue weighted by molar-refractivity contribution is 0.226. The summed E-state index contributed by atoms with van der Waals surface area (Å²) in [5.74, 6) is 1.42. The first-order valence-electron chi connectivity index (χ1n) is 8.35. The van der Waals surface area contributed by atoms with Gasteiger partial charge in [0.1, 0.15) is 0 Å². The monoisotopic (exact) mass is 325 g/mol. The number of rotatable bonds is 3. The molecular formula is C19H23N3S. The van der Waals surface area contributed by atoms with Crippen LogP contribution in [0.5, 0.6) is 0 Å². The lowest BCUT2D eigenvalue weighted by Crippen LogP contribution is -2.32. The van der Waals surface area contributed by atoms with Crippen LogP contribution < -0.4 is 0 Å². The van der Waals surface area contributed by atoms with Gasteiger partial charge < -0.3 is 0 Å². The molecule has 4 heteroatoms. The van der Waals surface area contributed by atoms with E-state index in [1.54, 1.807) is 11.8 Å². The molecule has 0 saturated heterocycles. The largest absolute Gasteiger partial charge is 0.224 e. The zero-order chi connectivity index (χ0) is 16.2. The van der Waals surface area contributed by atoms with E-state index < -0.39 is 0 Å². The summed E-state index contributed by atoms with van der Waals surface area (Å²) in [7, 11) is 0. The maximum atomic E-state index is 4.93. The number of aryl methyl sites for hydroxylation is 1. The zero-order valence-electron chi connectivity index (χ0n) is 14.3. The number of nitrogens with zero attached hydrogens (tertiary/aromatic N) is 3. The van der Waals surface area contributed by atoms with Crippen molar-refractivity contribution in [2.24, 2.45) is 5.41 Å². The second kappa shape index (κ2) is 5.04. The van der Waals surface area contributed by atoms with Crippen LogP contribution in [0.2, 0.25) is 0 Å². The van der Waals surface area contributed by atoms with E-state index in [0.29, 0.717) is 5.92 Å². The van der Waals surface area contributed by atoms with Crippen LogP contribution in [0.25, 0.3) is 0 Å². The molecule has 0 aliphatic heterocycles. The van der Waals surface area contributed by atoms with Gasteiger partial charge in [-0.2, -0.15) is 5.10 Å². The topological polar surface area (TPSA) is 38.7 Å². The van der Waals surface area contributed by atoms with E-state index >= 15 is 0 Å². The second-order valence-corrected chi connectivity index (χ2v) is 8.69. The normalized spacial score (nSPS) is 27.2. The molecule has 0 N–H and O–H groups in total. The van der Waals surface area contributed by atoms with E-state index in [-0.39, 0.29) is 10.8 Å². The Morgan fingerprint density at radius 3 is 2.61 bits per heavy atom. The maximum Gasteiger partial charge on any atom is 0.209 e. The number of aromatic nitrogens is 3. The van der Waals surface area contributed by atoms with Gasteiger partial charge in [0, 0.05) is 17.1 Å². The van der Waals surface area contributed by atoms with Crippen molar-refractivity contribution in [2.75, 3.05) is 0 Å². The minimum atomic E-state index is 0.155. The average molecular weight is 325 g/mol. The lowest BCUT2D eigenvalue weighted by atomic mass is 9.70. The smallest absolute Gasteiger partial charge is 0.209 e. The van der Waals surface area contributed by atoms with Crippen LogP contribution in [0.3, 0.4) is 0 Å². The van der Waals surface area contributed by atoms with Crippen LogP contribution in [0.15, 0.2) is 29.4 Å². The molecule has 1 saturated carbocycles. The predicted octanol–water partition coefficient (Wildman–Crippen LogP) is 4.65. The van der Waals surface area contributed by atoms with Crippen molar-refractivity contribution in [3.05, 3.63) is 46.8 Å². The molecule has 1 fully saturated rings. The Kier molecular flexibility index (Phi) is 3.31. The molecule has 2 atom stereocenters. The van der Waals surface area contributed by atoms with Gasteiger partial charge in [0.05, 0.1) is 11.4 Å². The van der Waals surface area contributed by atoms with E-state index in [1.807, 2.05) is 0 Å². The number of hydrogen-bond donors (Lipinski definition) is 0. The van der Waals surface area contributed by atoms with Crippen molar-refractivity contribution in [2.45, 2.75) is 62.8 Å². The highest BCUT2D eigenvalue weighted by Gasteiger charge is 2.61. The van der Waals surface area contributed by atoms with Gasteiger partial charge >= 0.3 is 0 Å². The van der Waals surface area contributed by atoms with Crippen molar-refractivity contribution < 1.29 is 0 Å². The van der Waals surface area contributed by atoms with E-state index in [4.69, 9.17) is 4.98 Å². The lowest BCUT2D eigenvalue weighted by Gasteiger charge is -2.33. The summed E-state index contributed by atoms with van der Waals surface area (Å²) in [4.78, 5) is 4.93. The Labute approximate surface area is 142 Å². The van der Waals surface area contributed by atoms with Crippen molar-refractivity contribution in [1.29, 1.82) is 0 Å². The summed E-state index contributed by atoms with van der Waals surface area (Å²) < 4.78 is 0. The van der Waals surface area contributed by atoms with Crippen molar-refractivity contribution >= 4 is 11.8 Å². The number of fused-ring (bicyclic) bond motifs is 5. The fraction of sp³-hybridized carbons (Fsp3) is 0.526. The second-order valence-electron chi connectivity index (χ2n) is 7.75. The predicted molar refractivity (Wildman–Crippen MR) is 93.7 cm³/mol. The van der Waals surface area contributed by atoms with Gasteiger partial charge in [-0.3, -0.25) is 0 Å². The van der Waals surface area contributed by atoms with Crippen LogP contribution in [0, 0.1) is 12.3 Å². The van der Waals surface area contributed by atoms with Gasteiger partial charge in [-0.05, 0) is 30.7 Å². The summed E-state index contributed by atoms with van der Waals surface area (Å²) >= 11 is 1.69. The Morgan fingerprint density at radius 1 is 1.13 bits per heavy atom. The fourth-order valence-corrected chi connectivity index (χ4v) is 5.00. The van der Waals surface area contributed by atoms with Crippen molar-refractivity contribution in [1.82, 2.24) is 15.2 Å². The number of benzene rings is 1. The first kappa shape index (κ1) is 15.1. The molecule has 2 bridgehead atoms. The van der Waals surface area contributed by atoms with Crippen LogP contribution in [0.4, 0.5) is 0 Å². The third-order valence-corrected chi connectivity index (χ3v) is 7.17. The molecule has 1 heterocycles. The molecule has 2 aromatic rings. The molecule has 2 unspecified atom stereocenters. The van der Waals surface area contributed by atoms with Gasteiger partial charge in [-0.15, -0.1) is 5.10 Å². The van der Waals surface area contributed by atoms with Gasteiger partial charge in [0.25, 0.3) is 0 Å². The SMILES string of the molecule is Cc1ccc(CSc2nnc3c(n2)C2(C)CCC3C2(C)C)cc1. The zero-order valence-corrected chi connectivity index (χ0v) is 15.1. The highest BCUT2D eigenvalue weighted by atomic mass is 32.2. The summed E-state index contributed by atoms with van der Waals surface area (Å²) in [5, 5.41) is 9.79. The Morgan fingerprint density at radius 2 is 1.87 bits per heavy atom. The van der Waals surface area contributed by atoms with E-state index in [1.165, 1.54) is 29.7 Å². The summed E-state index contributed by atoms with van der Waals surface area (Å²) in [5.41, 5.74) is 5.36. The fourth-order valence-electron chi connectivity index (χ4n) is 4.26. The highest BCUT2D eigenvalue weighted by molar-refractivity contribution is 7.98. The molecule has 2 aliphatic rings. The minimum absolute atomic E-state index is 0.155. The molecule has 0 radical (unpaired) electrons. The average Bonchev–Trinajstić information content (AvgIpc) is 2.86. The van der Waals surface area contributed by atoms with Crippen LogP contribution in [-0.4, -0.2) is 15.2 Å². The van der Waals surface area contributed by atoms with Gasteiger partial charge in [-0.25, -0.2) is 4.98 Å². The highest BCUT2D eigenvalue weighted by Crippen LogP contribution is 2.66. The van der Waals surface area contributed by atoms with Gasteiger partial charge in [-0.1, -0.05) is 62.4 Å². The molecule has 1 aromatic carbocycles. The molecule has 0 amide bonds. The molecule has 23 heavy (non-hydrogen) atoms. The van der Waals surface area contributed by atoms with Crippen molar-refractivity contribution in [3.8, 4) is 0 Å². The Hall–Kier alpha value is -1.42. The molecule has 2 aliphatic carbocycles. The maximum absolute atomic E-state index is 4.93. The summed E-state index contributed by atoms with van der Waals surface area (Å²) in [6, 6.07) is 8.66. The van der Waals surface area contributed by atoms with Crippen LogP contribution in [-0.2, 0) is 11.2 Å². The van der Waals surface area contributed by atoms with Crippen LogP contribution >= 0.6 is 11.8 Å². The molecule has 4 rings (SSSR count). The Bertz CT molecular complexity index is 754. The van der Waals surface area contributed by atoms with Crippen molar-refractivity contribution in [3.63, 3.8) is 0 Å². The first-order chi connectivity index (χ1) is 10.9. The quantitative estimate of drug-likeness (QED) is 0.770. The summed E-state index contributed by atoms with van der Waals surface area (Å²) in [6.07, 6.45) is 2.45. The molecule has 1 aromatic heterocycles. The van der Waals surface area contributed by atoms with Gasteiger partial charge in [0.15, 0.2) is 0 Å². The van der Waals surface area contributed by atoms with Gasteiger partial charge in [0.2, 0.25) is 5.16 Å². The van der Waals surface area contributed by atoms with E-state index in [2.05, 4.69) is 62.2 Å². The molecule has 120 valence electrons. The van der Waals surface area contributed by atoms with Crippen LogP contribution in [0.1, 0.15) is 62.0 Å². The molecule has 3 nitrogen and oxygen atoms in total. The van der Waals surface area contributed by atoms with E-state index in [9.17, 15) is 0 Å². The third kappa shape index (κ3) is 2.14. The Balaban J connectivity index is 1.59. The van der Waals surface area contributed by atoms with E-state index in [0.717, 1.165) is 16.6 Å². The number of hydrogen-bond acceptors (Lipinski definition) is 4. The number of thioether (sulfide) groups is 1. The first-order valence-corrected chi connectivity index (χ1v) is 9.34. The molecular weight excluding hydrogens is 302 g/mol. The minimum Gasteiger partial charge on any atom is -0.224 e. The summed E-state index contributed by atoms with van der Waals surface area (Å²) in [6.45, 7) is 9.21.